The Labute approximate surface area is 114 Å². The van der Waals surface area contributed by atoms with Crippen LogP contribution < -0.4 is 5.73 Å². The van der Waals surface area contributed by atoms with Crippen LogP contribution in [-0.4, -0.2) is 5.11 Å². The van der Waals surface area contributed by atoms with E-state index in [1.165, 1.54) is 19.3 Å². The Morgan fingerprint density at radius 2 is 1.94 bits per heavy atom. The number of hydrogen-bond acceptors (Lipinski definition) is 3. The summed E-state index contributed by atoms with van der Waals surface area (Å²) in [6, 6.07) is 6.84. The molecule has 2 rings (SSSR count). The lowest BCUT2D eigenvalue weighted by Gasteiger charge is -2.28. The highest BCUT2D eigenvalue weighted by Gasteiger charge is 2.23. The second-order valence-corrected chi connectivity index (χ2v) is 4.81. The average Bonchev–Trinajstić information content (AvgIpc) is 2.39. The van der Waals surface area contributed by atoms with Crippen molar-refractivity contribution in [3.63, 3.8) is 0 Å². The molecule has 0 bridgehead atoms. The van der Waals surface area contributed by atoms with Crippen molar-refractivity contribution in [1.29, 1.82) is 5.26 Å². The van der Waals surface area contributed by atoms with E-state index in [2.05, 4.69) is 6.07 Å². The van der Waals surface area contributed by atoms with Gasteiger partial charge >= 0.3 is 0 Å². The molecule has 0 unspecified atom stereocenters. The maximum atomic E-state index is 9.84. The molecule has 98 valence electrons. The second kappa shape index (κ2) is 6.63. The standard InChI is InChI=1S/C14H18N2O.ClH/c15-9-10-6-7-13(17)12(8-10)14(16)11-4-2-1-3-5-11;/h6-8,11,14,17H,1-5,16H2;1H/t14-;/m1./s1. The first-order valence-corrected chi connectivity index (χ1v) is 6.21. The van der Waals surface area contributed by atoms with Crippen LogP contribution in [0.2, 0.25) is 0 Å². The van der Waals surface area contributed by atoms with Crippen LogP contribution >= 0.6 is 12.4 Å². The van der Waals surface area contributed by atoms with E-state index < -0.39 is 0 Å². The van der Waals surface area contributed by atoms with Gasteiger partial charge in [0.25, 0.3) is 0 Å². The van der Waals surface area contributed by atoms with E-state index >= 15 is 0 Å². The fraction of sp³-hybridized carbons (Fsp3) is 0.500. The first kappa shape index (κ1) is 14.8. The summed E-state index contributed by atoms with van der Waals surface area (Å²) in [6.07, 6.45) is 5.97. The molecule has 0 aliphatic heterocycles. The number of halogens is 1. The van der Waals surface area contributed by atoms with Crippen LogP contribution in [0.4, 0.5) is 0 Å². The fourth-order valence-corrected chi connectivity index (χ4v) is 2.64. The smallest absolute Gasteiger partial charge is 0.120 e. The van der Waals surface area contributed by atoms with Crippen LogP contribution in [0.3, 0.4) is 0 Å². The summed E-state index contributed by atoms with van der Waals surface area (Å²) in [4.78, 5) is 0. The van der Waals surface area contributed by atoms with Gasteiger partial charge in [-0.05, 0) is 37.0 Å². The third kappa shape index (κ3) is 3.16. The van der Waals surface area contributed by atoms with Gasteiger partial charge in [0.15, 0.2) is 0 Å². The van der Waals surface area contributed by atoms with E-state index in [1.807, 2.05) is 0 Å². The van der Waals surface area contributed by atoms with Crippen LogP contribution in [0.5, 0.6) is 5.75 Å². The molecule has 18 heavy (non-hydrogen) atoms. The Balaban J connectivity index is 0.00000162. The summed E-state index contributed by atoms with van der Waals surface area (Å²) in [5.74, 6) is 0.644. The molecule has 0 heterocycles. The first-order chi connectivity index (χ1) is 8.22. The van der Waals surface area contributed by atoms with Crippen molar-refractivity contribution < 1.29 is 5.11 Å². The molecule has 0 aromatic heterocycles. The minimum atomic E-state index is -0.149. The van der Waals surface area contributed by atoms with E-state index in [4.69, 9.17) is 11.0 Å². The highest BCUT2D eigenvalue weighted by Crippen LogP contribution is 2.36. The van der Waals surface area contributed by atoms with Gasteiger partial charge in [0, 0.05) is 11.6 Å². The predicted octanol–water partition coefficient (Wildman–Crippen LogP) is 3.27. The van der Waals surface area contributed by atoms with Gasteiger partial charge in [0.2, 0.25) is 0 Å². The first-order valence-electron chi connectivity index (χ1n) is 6.21. The zero-order valence-electron chi connectivity index (χ0n) is 10.3. The van der Waals surface area contributed by atoms with Gasteiger partial charge in [-0.15, -0.1) is 12.4 Å². The zero-order chi connectivity index (χ0) is 12.3. The Bertz CT molecular complexity index is 436. The van der Waals surface area contributed by atoms with E-state index in [-0.39, 0.29) is 24.2 Å². The van der Waals surface area contributed by atoms with Gasteiger partial charge in [0.05, 0.1) is 11.6 Å². The number of nitriles is 1. The number of benzene rings is 1. The monoisotopic (exact) mass is 266 g/mol. The lowest BCUT2D eigenvalue weighted by molar-refractivity contribution is 0.303. The molecular weight excluding hydrogens is 248 g/mol. The molecule has 0 amide bonds. The Morgan fingerprint density at radius 3 is 2.56 bits per heavy atom. The zero-order valence-corrected chi connectivity index (χ0v) is 11.1. The van der Waals surface area contributed by atoms with Crippen molar-refractivity contribution >= 4 is 12.4 Å². The summed E-state index contributed by atoms with van der Waals surface area (Å²) < 4.78 is 0. The van der Waals surface area contributed by atoms with Gasteiger partial charge in [-0.2, -0.15) is 5.26 Å². The fourth-order valence-electron chi connectivity index (χ4n) is 2.64. The molecule has 0 radical (unpaired) electrons. The minimum Gasteiger partial charge on any atom is -0.508 e. The molecule has 4 heteroatoms. The molecule has 1 aliphatic carbocycles. The van der Waals surface area contributed by atoms with Crippen molar-refractivity contribution in [2.75, 3.05) is 0 Å². The van der Waals surface area contributed by atoms with Gasteiger partial charge in [-0.3, -0.25) is 0 Å². The third-order valence-electron chi connectivity index (χ3n) is 3.67. The van der Waals surface area contributed by atoms with Crippen molar-refractivity contribution in [2.24, 2.45) is 11.7 Å². The summed E-state index contributed by atoms with van der Waals surface area (Å²) in [5, 5.41) is 18.7. The normalized spacial score (nSPS) is 17.6. The quantitative estimate of drug-likeness (QED) is 0.863. The van der Waals surface area contributed by atoms with Crippen LogP contribution in [-0.2, 0) is 0 Å². The molecule has 3 nitrogen and oxygen atoms in total. The van der Waals surface area contributed by atoms with Crippen LogP contribution in [0.1, 0.15) is 49.3 Å². The predicted molar refractivity (Wildman–Crippen MR) is 73.6 cm³/mol. The highest BCUT2D eigenvalue weighted by atomic mass is 35.5. The largest absolute Gasteiger partial charge is 0.508 e. The molecule has 1 aliphatic rings. The minimum absolute atomic E-state index is 0. The van der Waals surface area contributed by atoms with Crippen LogP contribution in [0.25, 0.3) is 0 Å². The maximum Gasteiger partial charge on any atom is 0.120 e. The van der Waals surface area contributed by atoms with Crippen molar-refractivity contribution in [3.05, 3.63) is 29.3 Å². The number of phenols is 1. The van der Waals surface area contributed by atoms with Crippen LogP contribution in [0, 0.1) is 17.2 Å². The number of nitrogens with zero attached hydrogens (tertiary/aromatic N) is 1. The summed E-state index contributed by atoms with van der Waals surface area (Å²) in [6.45, 7) is 0. The Morgan fingerprint density at radius 1 is 1.28 bits per heavy atom. The second-order valence-electron chi connectivity index (χ2n) is 4.81. The molecule has 0 spiro atoms. The van der Waals surface area contributed by atoms with E-state index in [0.717, 1.165) is 18.4 Å². The Hall–Kier alpha value is -1.24. The number of nitrogens with two attached hydrogens (primary N) is 1. The molecule has 1 atom stereocenters. The Kier molecular flexibility index (Phi) is 5.46. The van der Waals surface area contributed by atoms with Gasteiger partial charge in [0.1, 0.15) is 5.75 Å². The van der Waals surface area contributed by atoms with Crippen LogP contribution in [0.15, 0.2) is 18.2 Å². The van der Waals surface area contributed by atoms with E-state index in [0.29, 0.717) is 11.5 Å². The number of hydrogen-bond donors (Lipinski definition) is 2. The number of aromatic hydroxyl groups is 1. The summed E-state index contributed by atoms with van der Waals surface area (Å²) >= 11 is 0. The summed E-state index contributed by atoms with van der Waals surface area (Å²) in [7, 11) is 0. The molecule has 1 saturated carbocycles. The lowest BCUT2D eigenvalue weighted by Crippen LogP contribution is -2.23. The average molecular weight is 267 g/mol. The molecule has 0 saturated heterocycles. The molecule has 1 aromatic carbocycles. The summed E-state index contributed by atoms with van der Waals surface area (Å²) in [5.41, 5.74) is 7.50. The number of rotatable bonds is 2. The third-order valence-corrected chi connectivity index (χ3v) is 3.67. The van der Waals surface area contributed by atoms with E-state index in [9.17, 15) is 5.11 Å². The number of phenolic OH excluding ortho intramolecular Hbond substituents is 1. The van der Waals surface area contributed by atoms with Gasteiger partial charge in [-0.1, -0.05) is 19.3 Å². The van der Waals surface area contributed by atoms with Gasteiger partial charge in [-0.25, -0.2) is 0 Å². The van der Waals surface area contributed by atoms with Crippen molar-refractivity contribution in [2.45, 2.75) is 38.1 Å². The molecule has 3 N–H and O–H groups in total. The SMILES string of the molecule is Cl.N#Cc1ccc(O)c([C@H](N)C2CCCCC2)c1. The van der Waals surface area contributed by atoms with Crippen molar-refractivity contribution in [3.8, 4) is 11.8 Å². The lowest BCUT2D eigenvalue weighted by atomic mass is 9.81. The van der Waals surface area contributed by atoms with Crippen molar-refractivity contribution in [1.82, 2.24) is 0 Å². The maximum absolute atomic E-state index is 9.84. The molecule has 1 aromatic rings. The molecular formula is C14H19ClN2O. The highest BCUT2D eigenvalue weighted by molar-refractivity contribution is 5.85. The topological polar surface area (TPSA) is 70.0 Å². The van der Waals surface area contributed by atoms with E-state index in [1.54, 1.807) is 18.2 Å². The molecule has 1 fully saturated rings. The van der Waals surface area contributed by atoms with Gasteiger partial charge < -0.3 is 10.8 Å².